The Morgan fingerprint density at radius 3 is 2.71 bits per heavy atom. The molecule has 0 atom stereocenters. The van der Waals surface area contributed by atoms with E-state index in [1.54, 1.807) is 11.6 Å². The average Bonchev–Trinajstić information content (AvgIpc) is 3.19. The number of rotatable bonds is 4. The second kappa shape index (κ2) is 5.86. The van der Waals surface area contributed by atoms with Gasteiger partial charge in [-0.25, -0.2) is 4.98 Å². The Kier molecular flexibility index (Phi) is 3.76. The summed E-state index contributed by atoms with van der Waals surface area (Å²) in [5.74, 6) is -0.236. The van der Waals surface area contributed by atoms with Gasteiger partial charge in [0.25, 0.3) is 5.91 Å². The number of anilines is 1. The van der Waals surface area contributed by atoms with Crippen molar-refractivity contribution in [3.05, 3.63) is 52.6 Å². The van der Waals surface area contributed by atoms with E-state index in [0.717, 1.165) is 16.3 Å². The number of hydrogen-bond donors (Lipinski definition) is 3. The van der Waals surface area contributed by atoms with Crippen molar-refractivity contribution in [3.8, 4) is 11.3 Å². The molecule has 2 aromatic heterocycles. The lowest BCUT2D eigenvalue weighted by molar-refractivity contribution is 0.102. The summed E-state index contributed by atoms with van der Waals surface area (Å²) >= 11 is 1.38. The maximum Gasteiger partial charge on any atom is 0.275 e. The minimum atomic E-state index is -0.236. The molecule has 1 aromatic carbocycles. The van der Waals surface area contributed by atoms with Crippen LogP contribution >= 0.6 is 11.3 Å². The number of nitrogens with zero attached hydrogens (tertiary/aromatic N) is 2. The first-order chi connectivity index (χ1) is 10.3. The Morgan fingerprint density at radius 2 is 2.10 bits per heavy atom. The molecule has 0 bridgehead atoms. The normalized spacial score (nSPS) is 10.5. The monoisotopic (exact) mass is 299 g/mol. The Labute approximate surface area is 125 Å². The second-order valence-corrected chi connectivity index (χ2v) is 5.28. The van der Waals surface area contributed by atoms with Crippen molar-refractivity contribution in [3.63, 3.8) is 0 Å². The van der Waals surface area contributed by atoms with E-state index < -0.39 is 0 Å². The molecule has 0 aliphatic carbocycles. The highest BCUT2D eigenvalue weighted by Gasteiger charge is 2.10. The number of amides is 1. The quantitative estimate of drug-likeness (QED) is 0.688. The van der Waals surface area contributed by atoms with Gasteiger partial charge in [0.05, 0.1) is 5.69 Å². The van der Waals surface area contributed by atoms with Gasteiger partial charge in [0.1, 0.15) is 10.7 Å². The fraction of sp³-hybridized carbons (Fsp3) is 0.0714. The average molecular weight is 299 g/mol. The Morgan fingerprint density at radius 1 is 1.29 bits per heavy atom. The third-order valence-corrected chi connectivity index (χ3v) is 3.78. The standard InChI is InChI=1S/C14H13N5OS/c15-7-13-18-12(8-21-13)14(20)17-10-3-1-9(2-4-10)11-5-6-16-19-11/h1-6,8H,7,15H2,(H,16,19)(H,17,20). The van der Waals surface area contributed by atoms with E-state index in [-0.39, 0.29) is 5.91 Å². The zero-order valence-corrected chi connectivity index (χ0v) is 11.9. The zero-order chi connectivity index (χ0) is 14.7. The van der Waals surface area contributed by atoms with Crippen molar-refractivity contribution in [2.24, 2.45) is 5.73 Å². The van der Waals surface area contributed by atoms with Gasteiger partial charge in [-0.05, 0) is 23.8 Å². The molecule has 0 aliphatic rings. The van der Waals surface area contributed by atoms with Crippen molar-refractivity contribution in [2.75, 3.05) is 5.32 Å². The van der Waals surface area contributed by atoms with Gasteiger partial charge in [-0.1, -0.05) is 12.1 Å². The summed E-state index contributed by atoms with van der Waals surface area (Å²) < 4.78 is 0. The van der Waals surface area contributed by atoms with Gasteiger partial charge >= 0.3 is 0 Å². The molecule has 4 N–H and O–H groups in total. The van der Waals surface area contributed by atoms with Crippen LogP contribution in [0.3, 0.4) is 0 Å². The number of carbonyl (C=O) groups is 1. The molecule has 106 valence electrons. The first-order valence-electron chi connectivity index (χ1n) is 6.32. The first kappa shape index (κ1) is 13.5. The summed E-state index contributed by atoms with van der Waals surface area (Å²) in [6, 6.07) is 9.39. The minimum absolute atomic E-state index is 0.236. The summed E-state index contributed by atoms with van der Waals surface area (Å²) in [5, 5.41) is 12.1. The van der Waals surface area contributed by atoms with Crippen LogP contribution in [-0.4, -0.2) is 21.1 Å². The van der Waals surface area contributed by atoms with Crippen molar-refractivity contribution < 1.29 is 4.79 Å². The molecule has 0 radical (unpaired) electrons. The van der Waals surface area contributed by atoms with Gasteiger partial charge in [0.15, 0.2) is 0 Å². The number of H-pyrrole nitrogens is 1. The predicted molar refractivity (Wildman–Crippen MR) is 82.0 cm³/mol. The molecule has 21 heavy (non-hydrogen) atoms. The lowest BCUT2D eigenvalue weighted by Crippen LogP contribution is -2.12. The van der Waals surface area contributed by atoms with Crippen LogP contribution in [0.25, 0.3) is 11.3 Å². The van der Waals surface area contributed by atoms with Crippen LogP contribution in [0, 0.1) is 0 Å². The second-order valence-electron chi connectivity index (χ2n) is 4.33. The molecule has 0 saturated heterocycles. The van der Waals surface area contributed by atoms with E-state index in [4.69, 9.17) is 5.73 Å². The summed E-state index contributed by atoms with van der Waals surface area (Å²) in [5.41, 5.74) is 8.52. The summed E-state index contributed by atoms with van der Waals surface area (Å²) in [6.07, 6.45) is 1.70. The predicted octanol–water partition coefficient (Wildman–Crippen LogP) is 2.24. The van der Waals surface area contributed by atoms with E-state index >= 15 is 0 Å². The largest absolute Gasteiger partial charge is 0.325 e. The van der Waals surface area contributed by atoms with Gasteiger partial charge in [0.2, 0.25) is 0 Å². The van der Waals surface area contributed by atoms with E-state index in [2.05, 4.69) is 20.5 Å². The summed E-state index contributed by atoms with van der Waals surface area (Å²) in [6.45, 7) is 0.344. The number of aromatic amines is 1. The van der Waals surface area contributed by atoms with Crippen molar-refractivity contribution in [1.82, 2.24) is 15.2 Å². The van der Waals surface area contributed by atoms with Crippen LogP contribution < -0.4 is 11.1 Å². The Bertz CT molecular complexity index is 733. The van der Waals surface area contributed by atoms with E-state index in [1.807, 2.05) is 30.3 Å². The van der Waals surface area contributed by atoms with Crippen molar-refractivity contribution in [2.45, 2.75) is 6.54 Å². The number of nitrogens with two attached hydrogens (primary N) is 1. The van der Waals surface area contributed by atoms with Crippen LogP contribution in [0.2, 0.25) is 0 Å². The van der Waals surface area contributed by atoms with Crippen LogP contribution in [-0.2, 0) is 6.54 Å². The number of aromatic nitrogens is 3. The number of carbonyl (C=O) groups excluding carboxylic acids is 1. The molecule has 0 aliphatic heterocycles. The third kappa shape index (κ3) is 2.99. The highest BCUT2D eigenvalue weighted by atomic mass is 32.1. The number of nitrogens with one attached hydrogen (secondary N) is 2. The highest BCUT2D eigenvalue weighted by molar-refractivity contribution is 7.09. The van der Waals surface area contributed by atoms with Crippen LogP contribution in [0.15, 0.2) is 41.9 Å². The van der Waals surface area contributed by atoms with Gasteiger partial charge in [0, 0.05) is 23.8 Å². The lowest BCUT2D eigenvalue weighted by atomic mass is 10.1. The molecular formula is C14H13N5OS. The van der Waals surface area contributed by atoms with Gasteiger partial charge in [-0.15, -0.1) is 11.3 Å². The third-order valence-electron chi connectivity index (χ3n) is 2.91. The summed E-state index contributed by atoms with van der Waals surface area (Å²) in [7, 11) is 0. The van der Waals surface area contributed by atoms with Crippen molar-refractivity contribution in [1.29, 1.82) is 0 Å². The maximum atomic E-state index is 12.0. The fourth-order valence-corrected chi connectivity index (χ4v) is 2.51. The number of benzene rings is 1. The van der Waals surface area contributed by atoms with Crippen molar-refractivity contribution >= 4 is 22.9 Å². The van der Waals surface area contributed by atoms with Crippen LogP contribution in [0.4, 0.5) is 5.69 Å². The topological polar surface area (TPSA) is 96.7 Å². The first-order valence-corrected chi connectivity index (χ1v) is 7.20. The molecule has 0 unspecified atom stereocenters. The Balaban J connectivity index is 1.71. The summed E-state index contributed by atoms with van der Waals surface area (Å²) in [4.78, 5) is 16.2. The lowest BCUT2D eigenvalue weighted by Gasteiger charge is -2.04. The maximum absolute atomic E-state index is 12.0. The molecule has 2 heterocycles. The van der Waals surface area contributed by atoms with Crippen LogP contribution in [0.5, 0.6) is 0 Å². The van der Waals surface area contributed by atoms with E-state index in [1.165, 1.54) is 11.3 Å². The highest BCUT2D eigenvalue weighted by Crippen LogP contribution is 2.19. The fourth-order valence-electron chi connectivity index (χ4n) is 1.85. The molecule has 1 amide bonds. The smallest absolute Gasteiger partial charge is 0.275 e. The van der Waals surface area contributed by atoms with E-state index in [9.17, 15) is 4.79 Å². The van der Waals surface area contributed by atoms with Gasteiger partial charge in [-0.3, -0.25) is 9.89 Å². The minimum Gasteiger partial charge on any atom is -0.325 e. The molecule has 7 heteroatoms. The molecule has 0 saturated carbocycles. The molecule has 6 nitrogen and oxygen atoms in total. The molecular weight excluding hydrogens is 286 g/mol. The Hall–Kier alpha value is -2.51. The van der Waals surface area contributed by atoms with E-state index in [0.29, 0.717) is 17.9 Å². The number of thiazole rings is 1. The molecule has 3 aromatic rings. The number of hydrogen-bond acceptors (Lipinski definition) is 5. The van der Waals surface area contributed by atoms with Gasteiger partial charge in [-0.2, -0.15) is 5.10 Å². The SMILES string of the molecule is NCc1nc(C(=O)Nc2ccc(-c3ccn[nH]3)cc2)cs1. The molecule has 0 spiro atoms. The van der Waals surface area contributed by atoms with Gasteiger partial charge < -0.3 is 11.1 Å². The zero-order valence-electron chi connectivity index (χ0n) is 11.0. The van der Waals surface area contributed by atoms with Crippen LogP contribution in [0.1, 0.15) is 15.5 Å². The molecule has 3 rings (SSSR count). The molecule has 0 fully saturated rings.